The number of nitrogens with one attached hydrogen (secondary N) is 1. The Morgan fingerprint density at radius 2 is 2.09 bits per heavy atom. The van der Waals surface area contributed by atoms with Gasteiger partial charge in [0, 0.05) is 17.5 Å². The van der Waals surface area contributed by atoms with Crippen LogP contribution in [0.25, 0.3) is 11.4 Å². The Morgan fingerprint density at radius 3 is 2.79 bits per heavy atom. The standard InChI is InChI=1S/C25H29N5OS2/c1-15-8-6-7-9-17(15)22-28-29-24(30(22)5)32-14-21(31)27-23-19(13-26)18-11-10-16(25(2,3)4)12-20(18)33-23/h6-9,16H,10-12,14H2,1-5H3,(H,27,31). The van der Waals surface area contributed by atoms with Crippen molar-refractivity contribution < 1.29 is 4.79 Å². The van der Waals surface area contributed by atoms with E-state index in [0.29, 0.717) is 21.6 Å². The van der Waals surface area contributed by atoms with Crippen LogP contribution in [0.2, 0.25) is 0 Å². The van der Waals surface area contributed by atoms with Crippen LogP contribution in [0, 0.1) is 29.6 Å². The second-order valence-electron chi connectivity index (χ2n) is 9.64. The number of carbonyl (C=O) groups is 1. The zero-order chi connectivity index (χ0) is 23.8. The molecule has 172 valence electrons. The van der Waals surface area contributed by atoms with E-state index in [2.05, 4.69) is 42.4 Å². The number of rotatable bonds is 5. The van der Waals surface area contributed by atoms with Gasteiger partial charge in [-0.2, -0.15) is 5.26 Å². The quantitative estimate of drug-likeness (QED) is 0.481. The van der Waals surface area contributed by atoms with Crippen molar-refractivity contribution in [2.24, 2.45) is 18.4 Å². The Balaban J connectivity index is 1.44. The first kappa shape index (κ1) is 23.5. The highest BCUT2D eigenvalue weighted by Gasteiger charge is 2.32. The van der Waals surface area contributed by atoms with Gasteiger partial charge in [-0.25, -0.2) is 0 Å². The van der Waals surface area contributed by atoms with Gasteiger partial charge in [-0.15, -0.1) is 21.5 Å². The summed E-state index contributed by atoms with van der Waals surface area (Å²) in [5.74, 6) is 1.44. The minimum atomic E-state index is -0.136. The van der Waals surface area contributed by atoms with Gasteiger partial charge in [0.15, 0.2) is 11.0 Å². The fourth-order valence-electron chi connectivity index (χ4n) is 4.32. The predicted molar refractivity (Wildman–Crippen MR) is 135 cm³/mol. The molecule has 0 fully saturated rings. The molecule has 1 aliphatic carbocycles. The third kappa shape index (κ3) is 4.85. The van der Waals surface area contributed by atoms with Gasteiger partial charge in [-0.05, 0) is 48.6 Å². The summed E-state index contributed by atoms with van der Waals surface area (Å²) in [6.45, 7) is 8.87. The topological polar surface area (TPSA) is 83.6 Å². The number of anilines is 1. The fraction of sp³-hybridized carbons (Fsp3) is 0.440. The number of hydrogen-bond donors (Lipinski definition) is 1. The van der Waals surface area contributed by atoms with Crippen LogP contribution in [0.5, 0.6) is 0 Å². The number of carbonyl (C=O) groups excluding carboxylic acids is 1. The van der Waals surface area contributed by atoms with E-state index in [4.69, 9.17) is 0 Å². The minimum Gasteiger partial charge on any atom is -0.316 e. The van der Waals surface area contributed by atoms with Crippen molar-refractivity contribution in [1.29, 1.82) is 5.26 Å². The van der Waals surface area contributed by atoms with Gasteiger partial charge in [-0.3, -0.25) is 4.79 Å². The molecule has 1 unspecified atom stereocenters. The Kier molecular flexibility index (Phi) is 6.64. The van der Waals surface area contributed by atoms with Crippen LogP contribution in [0.1, 0.15) is 48.8 Å². The summed E-state index contributed by atoms with van der Waals surface area (Å²) >= 11 is 2.91. The van der Waals surface area contributed by atoms with Crippen molar-refractivity contribution >= 4 is 34.0 Å². The molecule has 0 saturated carbocycles. The molecule has 3 aromatic rings. The molecule has 0 aliphatic heterocycles. The van der Waals surface area contributed by atoms with Gasteiger partial charge in [0.05, 0.1) is 11.3 Å². The summed E-state index contributed by atoms with van der Waals surface area (Å²) in [6, 6.07) is 10.4. The third-order valence-corrected chi connectivity index (χ3v) is 8.60. The van der Waals surface area contributed by atoms with Crippen LogP contribution in [0.3, 0.4) is 0 Å². The maximum atomic E-state index is 12.7. The molecule has 2 aromatic heterocycles. The number of nitriles is 1. The smallest absolute Gasteiger partial charge is 0.235 e. The zero-order valence-electron chi connectivity index (χ0n) is 19.7. The van der Waals surface area contributed by atoms with E-state index in [9.17, 15) is 10.1 Å². The monoisotopic (exact) mass is 479 g/mol. The highest BCUT2D eigenvalue weighted by molar-refractivity contribution is 7.99. The first-order valence-electron chi connectivity index (χ1n) is 11.1. The van der Waals surface area contributed by atoms with Gasteiger partial charge >= 0.3 is 0 Å². The van der Waals surface area contributed by atoms with Crippen LogP contribution in [0.4, 0.5) is 5.00 Å². The zero-order valence-corrected chi connectivity index (χ0v) is 21.4. The first-order valence-corrected chi connectivity index (χ1v) is 12.9. The molecule has 1 aromatic carbocycles. The Bertz CT molecular complexity index is 1230. The summed E-state index contributed by atoms with van der Waals surface area (Å²) in [5.41, 5.74) is 4.16. The lowest BCUT2D eigenvalue weighted by atomic mass is 9.72. The van der Waals surface area contributed by atoms with E-state index in [1.165, 1.54) is 16.6 Å². The van der Waals surface area contributed by atoms with Crippen LogP contribution >= 0.6 is 23.1 Å². The number of fused-ring (bicyclic) bond motifs is 1. The maximum absolute atomic E-state index is 12.7. The van der Waals surface area contributed by atoms with Crippen molar-refractivity contribution in [3.05, 3.63) is 45.8 Å². The molecular weight excluding hydrogens is 450 g/mol. The molecule has 4 rings (SSSR count). The minimum absolute atomic E-state index is 0.136. The lowest BCUT2D eigenvalue weighted by Gasteiger charge is -2.33. The van der Waals surface area contributed by atoms with Gasteiger partial charge in [0.1, 0.15) is 11.1 Å². The van der Waals surface area contributed by atoms with E-state index >= 15 is 0 Å². The third-order valence-electron chi connectivity index (χ3n) is 6.41. The summed E-state index contributed by atoms with van der Waals surface area (Å²) in [4.78, 5) is 14.0. The van der Waals surface area contributed by atoms with Crippen LogP contribution in [0.15, 0.2) is 29.4 Å². The first-order chi connectivity index (χ1) is 15.7. The molecule has 6 nitrogen and oxygen atoms in total. The van der Waals surface area contributed by atoms with Gasteiger partial charge < -0.3 is 9.88 Å². The summed E-state index contributed by atoms with van der Waals surface area (Å²) in [7, 11) is 1.91. The van der Waals surface area contributed by atoms with Crippen LogP contribution < -0.4 is 5.32 Å². The average Bonchev–Trinajstić information content (AvgIpc) is 3.30. The van der Waals surface area contributed by atoms with Crippen molar-refractivity contribution in [1.82, 2.24) is 14.8 Å². The normalized spacial score (nSPS) is 15.7. The van der Waals surface area contributed by atoms with Crippen molar-refractivity contribution in [2.45, 2.75) is 52.1 Å². The Hall–Kier alpha value is -2.63. The summed E-state index contributed by atoms with van der Waals surface area (Å²) < 4.78 is 1.91. The highest BCUT2D eigenvalue weighted by Crippen LogP contribution is 2.44. The number of amides is 1. The summed E-state index contributed by atoms with van der Waals surface area (Å²) in [5, 5.41) is 22.7. The highest BCUT2D eigenvalue weighted by atomic mass is 32.2. The van der Waals surface area contributed by atoms with E-state index in [0.717, 1.165) is 41.8 Å². The Labute approximate surface area is 203 Å². The molecular formula is C25H29N5OS2. The molecule has 1 aliphatic rings. The van der Waals surface area contributed by atoms with Crippen molar-refractivity contribution in [3.63, 3.8) is 0 Å². The van der Waals surface area contributed by atoms with E-state index in [-0.39, 0.29) is 17.1 Å². The predicted octanol–water partition coefficient (Wildman–Crippen LogP) is 5.61. The van der Waals surface area contributed by atoms with Crippen LogP contribution in [-0.2, 0) is 24.7 Å². The molecule has 33 heavy (non-hydrogen) atoms. The number of aryl methyl sites for hydroxylation is 1. The molecule has 8 heteroatoms. The van der Waals surface area contributed by atoms with Gasteiger partial charge in [0.2, 0.25) is 5.91 Å². The second kappa shape index (κ2) is 9.32. The Morgan fingerprint density at radius 1 is 1.33 bits per heavy atom. The van der Waals surface area contributed by atoms with Gasteiger partial charge in [-0.1, -0.05) is 56.8 Å². The van der Waals surface area contributed by atoms with Crippen LogP contribution in [-0.4, -0.2) is 26.4 Å². The number of thiophene rings is 1. The number of benzene rings is 1. The molecule has 0 bridgehead atoms. The molecule has 1 N–H and O–H groups in total. The van der Waals surface area contributed by atoms with E-state index < -0.39 is 0 Å². The average molecular weight is 480 g/mol. The number of thioether (sulfide) groups is 1. The SMILES string of the molecule is Cc1ccccc1-c1nnc(SCC(=O)Nc2sc3c(c2C#N)CCC(C(C)(C)C)C3)n1C. The molecule has 2 heterocycles. The lowest BCUT2D eigenvalue weighted by molar-refractivity contribution is -0.113. The second-order valence-corrected chi connectivity index (χ2v) is 11.7. The fourth-order valence-corrected chi connectivity index (χ4v) is 6.33. The van der Waals surface area contributed by atoms with E-state index in [1.807, 2.05) is 42.8 Å². The molecule has 1 atom stereocenters. The maximum Gasteiger partial charge on any atom is 0.235 e. The molecule has 1 amide bonds. The van der Waals surface area contributed by atoms with Crippen molar-refractivity contribution in [3.8, 4) is 17.5 Å². The molecule has 0 radical (unpaired) electrons. The summed E-state index contributed by atoms with van der Waals surface area (Å²) in [6.07, 6.45) is 2.96. The molecule has 0 spiro atoms. The molecule has 0 saturated heterocycles. The number of hydrogen-bond acceptors (Lipinski definition) is 6. The van der Waals surface area contributed by atoms with Gasteiger partial charge in [0.25, 0.3) is 0 Å². The number of nitrogens with zero attached hydrogens (tertiary/aromatic N) is 4. The number of aromatic nitrogens is 3. The van der Waals surface area contributed by atoms with Crippen molar-refractivity contribution in [2.75, 3.05) is 11.1 Å². The van der Waals surface area contributed by atoms with E-state index in [1.54, 1.807) is 11.3 Å². The largest absolute Gasteiger partial charge is 0.316 e. The lowest BCUT2D eigenvalue weighted by Crippen LogP contribution is -2.26.